The van der Waals surface area contributed by atoms with Gasteiger partial charge in [-0.25, -0.2) is 0 Å². The lowest BCUT2D eigenvalue weighted by atomic mass is 10.5. The van der Waals surface area contributed by atoms with Crippen LogP contribution in [0.4, 0.5) is 0 Å². The lowest BCUT2D eigenvalue weighted by Crippen LogP contribution is -2.28. The van der Waals surface area contributed by atoms with Gasteiger partial charge in [-0.05, 0) is 26.2 Å². The average molecular weight is 248 g/mol. The second kappa shape index (κ2) is 17.2. The Labute approximate surface area is 103 Å². The summed E-state index contributed by atoms with van der Waals surface area (Å²) < 4.78 is 16.5. The Morgan fingerprint density at radius 3 is 1.31 bits per heavy atom. The first kappa shape index (κ1) is 18.2. The second-order valence-corrected chi connectivity index (χ2v) is 4.89. The van der Waals surface area contributed by atoms with Crippen molar-refractivity contribution in [2.45, 2.75) is 47.0 Å². The highest BCUT2D eigenvalue weighted by atomic mass is 28.3. The van der Waals surface area contributed by atoms with E-state index in [1.54, 1.807) is 6.08 Å². The molecule has 0 bridgehead atoms. The van der Waals surface area contributed by atoms with Gasteiger partial charge in [0.05, 0.1) is 0 Å². The Morgan fingerprint density at radius 2 is 1.12 bits per heavy atom. The fourth-order valence-corrected chi connectivity index (χ4v) is 2.36. The summed E-state index contributed by atoms with van der Waals surface area (Å²) in [6.45, 7) is 13.8. The number of hydrogen-bond donors (Lipinski definition) is 0. The lowest BCUT2D eigenvalue weighted by Gasteiger charge is -2.15. The molecule has 0 aromatic carbocycles. The van der Waals surface area contributed by atoms with Crippen molar-refractivity contribution < 1.29 is 13.3 Å². The zero-order valence-electron chi connectivity index (χ0n) is 11.3. The minimum Gasteiger partial charge on any atom is -0.376 e. The topological polar surface area (TPSA) is 27.7 Å². The molecule has 98 valence electrons. The first-order chi connectivity index (χ1) is 7.76. The van der Waals surface area contributed by atoms with Crippen LogP contribution in [0.1, 0.15) is 47.0 Å². The summed E-state index contributed by atoms with van der Waals surface area (Å²) in [5, 5.41) is 0. The van der Waals surface area contributed by atoms with Gasteiger partial charge in [0.25, 0.3) is 0 Å². The summed E-state index contributed by atoms with van der Waals surface area (Å²) in [7, 11) is -1.79. The van der Waals surface area contributed by atoms with Gasteiger partial charge in [0.15, 0.2) is 0 Å². The van der Waals surface area contributed by atoms with Crippen LogP contribution < -0.4 is 0 Å². The van der Waals surface area contributed by atoms with Gasteiger partial charge >= 0.3 is 9.53 Å². The van der Waals surface area contributed by atoms with Crippen LogP contribution in [0, 0.1) is 0 Å². The predicted octanol–water partition coefficient (Wildman–Crippen LogP) is 3.18. The molecule has 0 aromatic rings. The third-order valence-electron chi connectivity index (χ3n) is 1.37. The summed E-state index contributed by atoms with van der Waals surface area (Å²) in [5.74, 6) is 0. The molecule has 0 amide bonds. The molecule has 4 heteroatoms. The third-order valence-corrected chi connectivity index (χ3v) is 2.90. The zero-order chi connectivity index (χ0) is 12.6. The Kier molecular flexibility index (Phi) is 19.6. The van der Waals surface area contributed by atoms with Crippen LogP contribution in [-0.4, -0.2) is 29.3 Å². The van der Waals surface area contributed by atoms with Gasteiger partial charge in [0.1, 0.15) is 0 Å². The Morgan fingerprint density at radius 1 is 0.875 bits per heavy atom. The standard InChI is InChI=1S/C9H22O3Si.C3H6/c1-4-7-10-13(11-8-5-2)12-9-6-3;1-3-2/h13H,4-9H2,1-3H3;3H,1H2,2H3. The second-order valence-electron chi connectivity index (χ2n) is 3.31. The highest BCUT2D eigenvalue weighted by molar-refractivity contribution is 6.36. The van der Waals surface area contributed by atoms with Crippen LogP contribution >= 0.6 is 0 Å². The van der Waals surface area contributed by atoms with Crippen LogP contribution in [0.5, 0.6) is 0 Å². The molecule has 0 heterocycles. The van der Waals surface area contributed by atoms with Crippen LogP contribution in [0.25, 0.3) is 0 Å². The number of allylic oxidation sites excluding steroid dienone is 1. The van der Waals surface area contributed by atoms with Gasteiger partial charge in [0.2, 0.25) is 0 Å². The van der Waals surface area contributed by atoms with Crippen molar-refractivity contribution in [2.75, 3.05) is 19.8 Å². The van der Waals surface area contributed by atoms with E-state index in [4.69, 9.17) is 13.3 Å². The molecule has 0 aliphatic heterocycles. The molecule has 0 rings (SSSR count). The molecule has 0 aliphatic rings. The molecule has 0 saturated carbocycles. The molecule has 3 nitrogen and oxygen atoms in total. The highest BCUT2D eigenvalue weighted by Gasteiger charge is 2.13. The molecule has 0 N–H and O–H groups in total. The van der Waals surface area contributed by atoms with Gasteiger partial charge in [0, 0.05) is 19.8 Å². The third kappa shape index (κ3) is 16.3. The van der Waals surface area contributed by atoms with Crippen molar-refractivity contribution in [3.63, 3.8) is 0 Å². The fourth-order valence-electron chi connectivity index (χ4n) is 0.787. The van der Waals surface area contributed by atoms with Gasteiger partial charge in [-0.3, -0.25) is 0 Å². The van der Waals surface area contributed by atoms with Crippen LogP contribution in [0.2, 0.25) is 0 Å². The molecule has 0 saturated heterocycles. The molecule has 0 atom stereocenters. The minimum absolute atomic E-state index is 0.754. The molecule has 16 heavy (non-hydrogen) atoms. The summed E-state index contributed by atoms with van der Waals surface area (Å²) >= 11 is 0. The van der Waals surface area contributed by atoms with E-state index in [9.17, 15) is 0 Å². The highest BCUT2D eigenvalue weighted by Crippen LogP contribution is 1.96. The van der Waals surface area contributed by atoms with E-state index >= 15 is 0 Å². The van der Waals surface area contributed by atoms with E-state index in [2.05, 4.69) is 27.4 Å². The van der Waals surface area contributed by atoms with Crippen molar-refractivity contribution >= 4 is 9.53 Å². The van der Waals surface area contributed by atoms with Crippen molar-refractivity contribution in [2.24, 2.45) is 0 Å². The zero-order valence-corrected chi connectivity index (χ0v) is 12.5. The van der Waals surface area contributed by atoms with Gasteiger partial charge in [-0.15, -0.1) is 6.58 Å². The van der Waals surface area contributed by atoms with Gasteiger partial charge < -0.3 is 13.3 Å². The minimum atomic E-state index is -1.79. The first-order valence-electron chi connectivity index (χ1n) is 6.18. The molecular weight excluding hydrogens is 220 g/mol. The van der Waals surface area contributed by atoms with E-state index in [1.165, 1.54) is 0 Å². The maximum absolute atomic E-state index is 5.49. The van der Waals surface area contributed by atoms with Crippen molar-refractivity contribution in [1.29, 1.82) is 0 Å². The molecule has 0 aliphatic carbocycles. The smallest absolute Gasteiger partial charge is 0.376 e. The number of rotatable bonds is 9. The molecule has 0 spiro atoms. The summed E-state index contributed by atoms with van der Waals surface area (Å²) in [5.41, 5.74) is 0. The monoisotopic (exact) mass is 248 g/mol. The van der Waals surface area contributed by atoms with Crippen molar-refractivity contribution in [3.05, 3.63) is 12.7 Å². The molecule has 0 fully saturated rings. The first-order valence-corrected chi connectivity index (χ1v) is 7.59. The normalized spacial score (nSPS) is 9.81. The van der Waals surface area contributed by atoms with Crippen LogP contribution in [-0.2, 0) is 13.3 Å². The van der Waals surface area contributed by atoms with E-state index in [1.807, 2.05) is 6.92 Å². The summed E-state index contributed by atoms with van der Waals surface area (Å²) in [6.07, 6.45) is 4.82. The lowest BCUT2D eigenvalue weighted by molar-refractivity contribution is 0.0933. The maximum Gasteiger partial charge on any atom is 0.484 e. The van der Waals surface area contributed by atoms with Gasteiger partial charge in [-0.2, -0.15) is 0 Å². The Balaban J connectivity index is 0. The van der Waals surface area contributed by atoms with Crippen molar-refractivity contribution in [1.82, 2.24) is 0 Å². The molecule has 0 radical (unpaired) electrons. The fraction of sp³-hybridized carbons (Fsp3) is 0.833. The van der Waals surface area contributed by atoms with E-state index in [0.29, 0.717) is 0 Å². The molecule has 0 unspecified atom stereocenters. The average Bonchev–Trinajstić information content (AvgIpc) is 2.29. The predicted molar refractivity (Wildman–Crippen MR) is 71.7 cm³/mol. The summed E-state index contributed by atoms with van der Waals surface area (Å²) in [6, 6.07) is 0. The SMILES string of the molecule is C=CC.CCCO[SiH](OCCC)OCCC. The summed E-state index contributed by atoms with van der Waals surface area (Å²) in [4.78, 5) is 0. The van der Waals surface area contributed by atoms with E-state index < -0.39 is 9.53 Å². The number of hydrogen-bond acceptors (Lipinski definition) is 3. The van der Waals surface area contributed by atoms with Crippen LogP contribution in [0.15, 0.2) is 12.7 Å². The Hall–Kier alpha value is -0.163. The quantitative estimate of drug-likeness (QED) is 0.463. The van der Waals surface area contributed by atoms with Crippen LogP contribution in [0.3, 0.4) is 0 Å². The Bertz CT molecular complexity index is 112. The van der Waals surface area contributed by atoms with E-state index in [-0.39, 0.29) is 0 Å². The molecular formula is C12H28O3Si. The van der Waals surface area contributed by atoms with E-state index in [0.717, 1.165) is 39.1 Å². The largest absolute Gasteiger partial charge is 0.484 e. The van der Waals surface area contributed by atoms with Gasteiger partial charge in [-0.1, -0.05) is 26.8 Å². The maximum atomic E-state index is 5.49. The van der Waals surface area contributed by atoms with Crippen molar-refractivity contribution in [3.8, 4) is 0 Å². The molecule has 0 aromatic heterocycles.